The molecule has 0 radical (unpaired) electrons. The average Bonchev–Trinajstić information content (AvgIpc) is 2.87. The highest BCUT2D eigenvalue weighted by atomic mass is 35.5. The summed E-state index contributed by atoms with van der Waals surface area (Å²) in [7, 11) is 3.19. The maximum Gasteiger partial charge on any atom is 0.315 e. The number of rotatable bonds is 7. The van der Waals surface area contributed by atoms with E-state index in [1.165, 1.54) is 0 Å². The van der Waals surface area contributed by atoms with Crippen molar-refractivity contribution in [3.63, 3.8) is 0 Å². The minimum atomic E-state index is -0.666. The second-order valence-electron chi connectivity index (χ2n) is 9.42. The predicted octanol–water partition coefficient (Wildman–Crippen LogP) is 6.27. The first-order valence-electron chi connectivity index (χ1n) is 12.3. The number of ketones is 1. The Kier molecular flexibility index (Phi) is 7.84. The first-order chi connectivity index (χ1) is 17.3. The number of Topliss-reactive ketones (excluding diaryl/α,β-unsaturated/α-hetero) is 1. The van der Waals surface area contributed by atoms with Gasteiger partial charge < -0.3 is 14.2 Å². The standard InChI is InChI=1S/C29H32ClNO5/c1-6-16(2)36-29(33)26-17(3)31-22-13-20(19-9-12-24(34-4)25(15-19)35-5)14-23(32)28(22)27(26)18-7-10-21(30)11-8-18/h7-12,15-16,20,26-27H,6,13-14H2,1-5H3/t16-,20+,26?,27+/m0/s1. The number of aliphatic imine (C=N–C) groups is 1. The number of carbonyl (C=O) groups is 2. The molecule has 4 rings (SSSR count). The molecular formula is C29H32ClNO5. The third kappa shape index (κ3) is 5.05. The van der Waals surface area contributed by atoms with Crippen LogP contribution in [0, 0.1) is 5.92 Å². The van der Waals surface area contributed by atoms with Crippen molar-refractivity contribution < 1.29 is 23.8 Å². The monoisotopic (exact) mass is 509 g/mol. The Morgan fingerprint density at radius 2 is 1.72 bits per heavy atom. The van der Waals surface area contributed by atoms with Crippen molar-refractivity contribution in [2.45, 2.75) is 58.0 Å². The second-order valence-corrected chi connectivity index (χ2v) is 9.86. The quantitative estimate of drug-likeness (QED) is 0.411. The maximum absolute atomic E-state index is 13.7. The van der Waals surface area contributed by atoms with E-state index in [9.17, 15) is 9.59 Å². The molecule has 0 spiro atoms. The summed E-state index contributed by atoms with van der Waals surface area (Å²) in [5.74, 6) is -0.286. The van der Waals surface area contributed by atoms with E-state index < -0.39 is 11.8 Å². The molecule has 2 aromatic rings. The summed E-state index contributed by atoms with van der Waals surface area (Å²) in [6.07, 6.45) is 1.40. The van der Waals surface area contributed by atoms with Gasteiger partial charge in [-0.3, -0.25) is 14.6 Å². The van der Waals surface area contributed by atoms with Crippen molar-refractivity contribution in [1.29, 1.82) is 0 Å². The molecule has 6 nitrogen and oxygen atoms in total. The first-order valence-corrected chi connectivity index (χ1v) is 12.6. The minimum absolute atomic E-state index is 0.00595. The summed E-state index contributed by atoms with van der Waals surface area (Å²) in [5.41, 5.74) is 3.83. The van der Waals surface area contributed by atoms with E-state index in [-0.39, 0.29) is 23.8 Å². The van der Waals surface area contributed by atoms with Gasteiger partial charge in [0.05, 0.1) is 20.3 Å². The topological polar surface area (TPSA) is 74.2 Å². The van der Waals surface area contributed by atoms with E-state index in [0.29, 0.717) is 47.1 Å². The molecule has 0 fully saturated rings. The lowest BCUT2D eigenvalue weighted by atomic mass is 9.69. The Morgan fingerprint density at radius 1 is 1.06 bits per heavy atom. The van der Waals surface area contributed by atoms with Crippen LogP contribution in [0.25, 0.3) is 0 Å². The van der Waals surface area contributed by atoms with Gasteiger partial charge in [-0.2, -0.15) is 0 Å². The van der Waals surface area contributed by atoms with Crippen LogP contribution >= 0.6 is 11.6 Å². The summed E-state index contributed by atoms with van der Waals surface area (Å²) in [6, 6.07) is 13.1. The molecule has 2 aliphatic rings. The van der Waals surface area contributed by atoms with E-state index in [2.05, 4.69) is 0 Å². The van der Waals surface area contributed by atoms with Gasteiger partial charge in [-0.05, 0) is 68.0 Å². The molecule has 0 aromatic heterocycles. The summed E-state index contributed by atoms with van der Waals surface area (Å²) < 4.78 is 16.6. The largest absolute Gasteiger partial charge is 0.493 e. The van der Waals surface area contributed by atoms with Crippen molar-refractivity contribution in [2.24, 2.45) is 10.9 Å². The number of methoxy groups -OCH3 is 2. The average molecular weight is 510 g/mol. The Labute approximate surface area is 217 Å². The molecule has 1 aliphatic carbocycles. The lowest BCUT2D eigenvalue weighted by Gasteiger charge is -2.37. The van der Waals surface area contributed by atoms with Crippen molar-refractivity contribution in [1.82, 2.24) is 0 Å². The fourth-order valence-electron chi connectivity index (χ4n) is 5.09. The van der Waals surface area contributed by atoms with E-state index in [0.717, 1.165) is 16.8 Å². The number of halogens is 1. The van der Waals surface area contributed by atoms with E-state index in [4.69, 9.17) is 30.8 Å². The SMILES string of the molecule is CC[C@H](C)OC(=O)C1C(C)=NC2=C(C(=O)C[C@H](c3ccc(OC)c(OC)c3)C2)[C@@H]1c1ccc(Cl)cc1. The second kappa shape index (κ2) is 10.9. The van der Waals surface area contributed by atoms with Crippen LogP contribution < -0.4 is 9.47 Å². The Balaban J connectivity index is 1.76. The molecule has 1 unspecified atom stereocenters. The van der Waals surface area contributed by atoms with Crippen LogP contribution in [-0.4, -0.2) is 37.8 Å². The third-order valence-corrected chi connectivity index (χ3v) is 7.39. The summed E-state index contributed by atoms with van der Waals surface area (Å²) in [4.78, 5) is 31.9. The summed E-state index contributed by atoms with van der Waals surface area (Å²) in [5, 5.41) is 0.594. The van der Waals surface area contributed by atoms with Crippen LogP contribution in [0.4, 0.5) is 0 Å². The van der Waals surface area contributed by atoms with Crippen LogP contribution in [0.5, 0.6) is 11.5 Å². The molecule has 0 saturated heterocycles. The lowest BCUT2D eigenvalue weighted by Crippen LogP contribution is -2.39. The maximum atomic E-state index is 13.7. The minimum Gasteiger partial charge on any atom is -0.493 e. The van der Waals surface area contributed by atoms with Gasteiger partial charge in [0.25, 0.3) is 0 Å². The van der Waals surface area contributed by atoms with Gasteiger partial charge in [0.15, 0.2) is 17.3 Å². The van der Waals surface area contributed by atoms with Gasteiger partial charge in [-0.15, -0.1) is 0 Å². The Morgan fingerprint density at radius 3 is 2.36 bits per heavy atom. The molecule has 0 saturated carbocycles. The van der Waals surface area contributed by atoms with Crippen LogP contribution in [0.15, 0.2) is 58.7 Å². The number of hydrogen-bond donors (Lipinski definition) is 0. The van der Waals surface area contributed by atoms with Crippen molar-refractivity contribution in [3.8, 4) is 11.5 Å². The number of nitrogens with zero attached hydrogens (tertiary/aromatic N) is 1. The molecule has 2 aromatic carbocycles. The molecule has 4 atom stereocenters. The molecule has 36 heavy (non-hydrogen) atoms. The number of esters is 1. The molecule has 1 heterocycles. The van der Waals surface area contributed by atoms with Gasteiger partial charge in [0.2, 0.25) is 0 Å². The van der Waals surface area contributed by atoms with Gasteiger partial charge in [-0.25, -0.2) is 0 Å². The molecular weight excluding hydrogens is 478 g/mol. The summed E-state index contributed by atoms with van der Waals surface area (Å²) in [6.45, 7) is 5.68. The van der Waals surface area contributed by atoms with E-state index in [1.54, 1.807) is 26.4 Å². The highest BCUT2D eigenvalue weighted by molar-refractivity contribution is 6.30. The van der Waals surface area contributed by atoms with Gasteiger partial charge in [0, 0.05) is 34.3 Å². The number of ether oxygens (including phenoxy) is 3. The zero-order valence-corrected chi connectivity index (χ0v) is 22.1. The van der Waals surface area contributed by atoms with Crippen molar-refractivity contribution in [2.75, 3.05) is 14.2 Å². The van der Waals surface area contributed by atoms with E-state index in [1.807, 2.05) is 51.1 Å². The number of carbonyl (C=O) groups excluding carboxylic acids is 2. The molecule has 7 heteroatoms. The molecule has 1 aliphatic heterocycles. The van der Waals surface area contributed by atoms with Crippen LogP contribution in [-0.2, 0) is 14.3 Å². The zero-order valence-electron chi connectivity index (χ0n) is 21.3. The van der Waals surface area contributed by atoms with Crippen LogP contribution in [0.3, 0.4) is 0 Å². The lowest BCUT2D eigenvalue weighted by molar-refractivity contribution is -0.151. The first kappa shape index (κ1) is 26.0. The molecule has 0 amide bonds. The predicted molar refractivity (Wildman–Crippen MR) is 140 cm³/mol. The molecule has 0 bridgehead atoms. The van der Waals surface area contributed by atoms with Crippen LogP contribution in [0.2, 0.25) is 5.02 Å². The number of hydrogen-bond acceptors (Lipinski definition) is 6. The van der Waals surface area contributed by atoms with Gasteiger partial charge >= 0.3 is 5.97 Å². The third-order valence-electron chi connectivity index (χ3n) is 7.14. The highest BCUT2D eigenvalue weighted by Crippen LogP contribution is 2.47. The van der Waals surface area contributed by atoms with Gasteiger partial charge in [-0.1, -0.05) is 36.7 Å². The Hall–Kier alpha value is -3.12. The zero-order chi connectivity index (χ0) is 26.0. The van der Waals surface area contributed by atoms with Crippen molar-refractivity contribution in [3.05, 3.63) is 69.9 Å². The summed E-state index contributed by atoms with van der Waals surface area (Å²) >= 11 is 6.15. The smallest absolute Gasteiger partial charge is 0.315 e. The van der Waals surface area contributed by atoms with Crippen molar-refractivity contribution >= 4 is 29.1 Å². The number of allylic oxidation sites excluding steroid dienone is 2. The normalized spacial score (nSPS) is 22.4. The van der Waals surface area contributed by atoms with E-state index >= 15 is 0 Å². The molecule has 0 N–H and O–H groups in total. The fraction of sp³-hybridized carbons (Fsp3) is 0.414. The Bertz CT molecular complexity index is 1220. The number of benzene rings is 2. The van der Waals surface area contributed by atoms with Gasteiger partial charge in [0.1, 0.15) is 5.92 Å². The fourth-order valence-corrected chi connectivity index (χ4v) is 5.22. The van der Waals surface area contributed by atoms with Crippen LogP contribution in [0.1, 0.15) is 63.0 Å². The molecule has 190 valence electrons. The highest BCUT2D eigenvalue weighted by Gasteiger charge is 2.45.